The number of hydrogen-bond donors (Lipinski definition) is 0. The van der Waals surface area contributed by atoms with Crippen LogP contribution in [-0.2, 0) is 17.8 Å². The van der Waals surface area contributed by atoms with E-state index >= 15 is 0 Å². The van der Waals surface area contributed by atoms with E-state index in [9.17, 15) is 0 Å². The van der Waals surface area contributed by atoms with Crippen molar-refractivity contribution in [2.75, 3.05) is 19.7 Å². The number of hydrogen-bond acceptors (Lipinski definition) is 5. The van der Waals surface area contributed by atoms with E-state index in [-0.39, 0.29) is 6.10 Å². The minimum atomic E-state index is 0.0381. The molecule has 3 heterocycles. The highest BCUT2D eigenvalue weighted by Crippen LogP contribution is 2.22. The Kier molecular flexibility index (Phi) is 3.91. The minimum Gasteiger partial charge on any atom is -0.368 e. The molecule has 0 aromatic carbocycles. The van der Waals surface area contributed by atoms with Gasteiger partial charge in [-0.05, 0) is 18.4 Å². The molecule has 0 N–H and O–H groups in total. The summed E-state index contributed by atoms with van der Waals surface area (Å²) in [6, 6.07) is 4.29. The normalized spacial score (nSPS) is 20.8. The smallest absolute Gasteiger partial charge is 0.163 e. The Balaban J connectivity index is 1.68. The largest absolute Gasteiger partial charge is 0.368 e. The van der Waals surface area contributed by atoms with Gasteiger partial charge in [-0.2, -0.15) is 0 Å². The lowest BCUT2D eigenvalue weighted by atomic mass is 10.2. The lowest BCUT2D eigenvalue weighted by molar-refractivity contribution is -0.0385. The molecule has 6 heteroatoms. The van der Waals surface area contributed by atoms with Gasteiger partial charge in [0.2, 0.25) is 0 Å². The van der Waals surface area contributed by atoms with Gasteiger partial charge in [-0.15, -0.1) is 21.5 Å². The Morgan fingerprint density at radius 2 is 2.47 bits per heavy atom. The van der Waals surface area contributed by atoms with Crippen molar-refractivity contribution in [1.29, 1.82) is 0 Å². The van der Waals surface area contributed by atoms with Gasteiger partial charge in [0, 0.05) is 31.1 Å². The number of nitrogens with zero attached hydrogens (tertiary/aromatic N) is 4. The van der Waals surface area contributed by atoms with Gasteiger partial charge >= 0.3 is 0 Å². The number of morpholine rings is 1. The van der Waals surface area contributed by atoms with Crippen molar-refractivity contribution in [2.24, 2.45) is 0 Å². The molecule has 0 saturated carbocycles. The highest BCUT2D eigenvalue weighted by atomic mass is 32.1. The molecule has 0 unspecified atom stereocenters. The molecule has 102 valence electrons. The van der Waals surface area contributed by atoms with Gasteiger partial charge in [0.15, 0.2) is 5.82 Å². The fraction of sp³-hybridized carbons (Fsp3) is 0.538. The zero-order chi connectivity index (χ0) is 13.1. The van der Waals surface area contributed by atoms with E-state index in [1.807, 2.05) is 11.3 Å². The first-order valence-corrected chi connectivity index (χ1v) is 7.49. The van der Waals surface area contributed by atoms with Crippen LogP contribution in [0.3, 0.4) is 0 Å². The predicted molar refractivity (Wildman–Crippen MR) is 74.0 cm³/mol. The Morgan fingerprint density at radius 3 is 3.26 bits per heavy atom. The van der Waals surface area contributed by atoms with Crippen molar-refractivity contribution < 1.29 is 4.74 Å². The molecule has 0 amide bonds. The summed E-state index contributed by atoms with van der Waals surface area (Å²) < 4.78 is 7.91. The topological polar surface area (TPSA) is 43.2 Å². The second kappa shape index (κ2) is 5.81. The lowest BCUT2D eigenvalue weighted by Gasteiger charge is -2.32. The molecule has 0 radical (unpaired) electrons. The van der Waals surface area contributed by atoms with Gasteiger partial charge < -0.3 is 9.30 Å². The van der Waals surface area contributed by atoms with E-state index in [4.69, 9.17) is 4.74 Å². The Hall–Kier alpha value is -1.24. The van der Waals surface area contributed by atoms with Crippen LogP contribution in [0.15, 0.2) is 23.8 Å². The summed E-state index contributed by atoms with van der Waals surface area (Å²) in [6.45, 7) is 6.60. The van der Waals surface area contributed by atoms with Crippen LogP contribution in [0.5, 0.6) is 0 Å². The fourth-order valence-electron chi connectivity index (χ4n) is 2.38. The van der Waals surface area contributed by atoms with Crippen LogP contribution in [0.25, 0.3) is 0 Å². The van der Waals surface area contributed by atoms with Gasteiger partial charge in [0.1, 0.15) is 12.4 Å². The van der Waals surface area contributed by atoms with Crippen molar-refractivity contribution in [2.45, 2.75) is 26.1 Å². The van der Waals surface area contributed by atoms with E-state index < -0.39 is 0 Å². The third-order valence-electron chi connectivity index (χ3n) is 3.38. The number of rotatable bonds is 4. The van der Waals surface area contributed by atoms with Crippen LogP contribution in [0, 0.1) is 0 Å². The monoisotopic (exact) mass is 278 g/mol. The third kappa shape index (κ3) is 2.86. The molecule has 2 aromatic heterocycles. The molecule has 0 bridgehead atoms. The second-order valence-corrected chi connectivity index (χ2v) is 5.68. The summed E-state index contributed by atoms with van der Waals surface area (Å²) in [6.07, 6.45) is 1.81. The molecule has 1 fully saturated rings. The summed E-state index contributed by atoms with van der Waals surface area (Å²) in [5.41, 5.74) is 0. The Bertz CT molecular complexity index is 510. The summed E-state index contributed by atoms with van der Waals surface area (Å²) in [5.74, 6) is 0.943. The molecule has 1 atom stereocenters. The highest BCUT2D eigenvalue weighted by Gasteiger charge is 2.25. The SMILES string of the molecule is CCn1cnnc1[C@H]1CN(Cc2cccs2)CCO1. The maximum atomic E-state index is 5.85. The maximum Gasteiger partial charge on any atom is 0.163 e. The van der Waals surface area contributed by atoms with E-state index in [0.29, 0.717) is 0 Å². The lowest BCUT2D eigenvalue weighted by Crippen LogP contribution is -2.38. The highest BCUT2D eigenvalue weighted by molar-refractivity contribution is 7.09. The van der Waals surface area contributed by atoms with Crippen molar-refractivity contribution in [3.8, 4) is 0 Å². The molecule has 2 aromatic rings. The van der Waals surface area contributed by atoms with Crippen LogP contribution in [0.4, 0.5) is 0 Å². The first kappa shape index (κ1) is 12.8. The van der Waals surface area contributed by atoms with E-state index in [1.54, 1.807) is 6.33 Å². The molecule has 0 spiro atoms. The van der Waals surface area contributed by atoms with Crippen LogP contribution in [0.2, 0.25) is 0 Å². The first-order valence-electron chi connectivity index (χ1n) is 6.61. The van der Waals surface area contributed by atoms with Gasteiger partial charge in [0.05, 0.1) is 6.61 Å². The molecule has 1 saturated heterocycles. The molecular formula is C13H18N4OS. The zero-order valence-corrected chi connectivity index (χ0v) is 11.8. The molecular weight excluding hydrogens is 260 g/mol. The molecule has 5 nitrogen and oxygen atoms in total. The minimum absolute atomic E-state index is 0.0381. The maximum absolute atomic E-state index is 5.85. The number of aryl methyl sites for hydroxylation is 1. The van der Waals surface area contributed by atoms with Crippen molar-refractivity contribution in [3.05, 3.63) is 34.5 Å². The number of ether oxygens (including phenoxy) is 1. The van der Waals surface area contributed by atoms with Crippen LogP contribution in [0.1, 0.15) is 23.7 Å². The van der Waals surface area contributed by atoms with Crippen LogP contribution in [-0.4, -0.2) is 39.4 Å². The quantitative estimate of drug-likeness (QED) is 0.857. The fourth-order valence-corrected chi connectivity index (χ4v) is 3.13. The summed E-state index contributed by atoms with van der Waals surface area (Å²) in [7, 11) is 0. The van der Waals surface area contributed by atoms with E-state index in [2.05, 4.69) is 44.1 Å². The number of thiophene rings is 1. The Morgan fingerprint density at radius 1 is 1.53 bits per heavy atom. The molecule has 1 aliphatic heterocycles. The van der Waals surface area contributed by atoms with E-state index in [1.165, 1.54) is 4.88 Å². The Labute approximate surface area is 116 Å². The number of aromatic nitrogens is 3. The van der Waals surface area contributed by atoms with Gasteiger partial charge in [-0.25, -0.2) is 0 Å². The summed E-state index contributed by atoms with van der Waals surface area (Å²) >= 11 is 1.81. The zero-order valence-electron chi connectivity index (χ0n) is 11.0. The van der Waals surface area contributed by atoms with Crippen LogP contribution >= 0.6 is 11.3 Å². The molecule has 0 aliphatic carbocycles. The van der Waals surface area contributed by atoms with Gasteiger partial charge in [0.25, 0.3) is 0 Å². The van der Waals surface area contributed by atoms with Crippen molar-refractivity contribution >= 4 is 11.3 Å². The first-order chi connectivity index (χ1) is 9.36. The van der Waals surface area contributed by atoms with Crippen LogP contribution < -0.4 is 0 Å². The van der Waals surface area contributed by atoms with Gasteiger partial charge in [-0.3, -0.25) is 4.90 Å². The predicted octanol–water partition coefficient (Wildman–Crippen LogP) is 1.93. The summed E-state index contributed by atoms with van der Waals surface area (Å²) in [4.78, 5) is 3.83. The average Bonchev–Trinajstić information content (AvgIpc) is 3.09. The second-order valence-electron chi connectivity index (χ2n) is 4.65. The van der Waals surface area contributed by atoms with Crippen molar-refractivity contribution in [3.63, 3.8) is 0 Å². The molecule has 1 aliphatic rings. The summed E-state index contributed by atoms with van der Waals surface area (Å²) in [5, 5.41) is 10.3. The van der Waals surface area contributed by atoms with E-state index in [0.717, 1.165) is 38.6 Å². The average molecular weight is 278 g/mol. The van der Waals surface area contributed by atoms with Gasteiger partial charge in [-0.1, -0.05) is 6.07 Å². The standard InChI is InChI=1S/C13H18N4OS/c1-2-17-10-14-15-13(17)12-9-16(5-6-18-12)8-11-4-3-7-19-11/h3-4,7,10,12H,2,5-6,8-9H2,1H3/t12-/m1/s1. The molecule has 3 rings (SSSR count). The van der Waals surface area contributed by atoms with Crippen molar-refractivity contribution in [1.82, 2.24) is 19.7 Å². The molecule has 19 heavy (non-hydrogen) atoms. The third-order valence-corrected chi connectivity index (χ3v) is 4.25.